The fourth-order valence-corrected chi connectivity index (χ4v) is 7.53. The molecule has 1 aliphatic heterocycles. The minimum absolute atomic E-state index is 0.131. The molecule has 2 amide bonds. The number of amidine groups is 1. The second-order valence-corrected chi connectivity index (χ2v) is 12.7. The molecule has 4 rings (SSSR count). The van der Waals surface area contributed by atoms with Gasteiger partial charge in [-0.25, -0.2) is 5.14 Å². The summed E-state index contributed by atoms with van der Waals surface area (Å²) < 4.78 is 27.3. The first-order valence-electron chi connectivity index (χ1n) is 14.3. The molecule has 11 nitrogen and oxygen atoms in total. The topological polar surface area (TPSA) is 184 Å². The number of pyridine rings is 1. The lowest BCUT2D eigenvalue weighted by Crippen LogP contribution is -2.59. The Kier molecular flexibility index (Phi) is 9.95. The van der Waals surface area contributed by atoms with Gasteiger partial charge in [0.15, 0.2) is 0 Å². The molecule has 1 saturated heterocycles. The molecule has 1 aromatic heterocycles. The molecule has 2 saturated carbocycles. The van der Waals surface area contributed by atoms with E-state index in [0.29, 0.717) is 25.1 Å². The Morgan fingerprint density at radius 1 is 1.00 bits per heavy atom. The summed E-state index contributed by atoms with van der Waals surface area (Å²) in [5.41, 5.74) is 6.56. The number of carbonyl (C=O) groups is 2. The molecule has 2 heterocycles. The van der Waals surface area contributed by atoms with E-state index in [1.807, 2.05) is 0 Å². The fraction of sp³-hybridized carbons (Fsp3) is 0.704. The minimum Gasteiger partial charge on any atom is -0.382 e. The zero-order chi connectivity index (χ0) is 28.0. The lowest BCUT2D eigenvalue weighted by atomic mass is 9.66. The molecule has 2 atom stereocenters. The Bertz CT molecular complexity index is 1100. The molecule has 3 fully saturated rings. The van der Waals surface area contributed by atoms with Crippen LogP contribution in [0.15, 0.2) is 18.3 Å². The monoisotopic (exact) mass is 561 g/mol. The van der Waals surface area contributed by atoms with Gasteiger partial charge in [-0.1, -0.05) is 70.3 Å². The maximum Gasteiger partial charge on any atom is 0.275 e. The third kappa shape index (κ3) is 7.76. The van der Waals surface area contributed by atoms with Crippen molar-refractivity contribution in [2.75, 3.05) is 6.54 Å². The third-order valence-corrected chi connectivity index (χ3v) is 9.32. The number of hydrogen-bond donors (Lipinski definition) is 5. The number of nitrogens with zero attached hydrogens (tertiary/aromatic N) is 2. The molecular formula is C27H43N7O4S. The number of nitrogen functional groups attached to an aromatic ring is 1. The van der Waals surface area contributed by atoms with Gasteiger partial charge in [0.2, 0.25) is 11.8 Å². The van der Waals surface area contributed by atoms with Gasteiger partial charge >= 0.3 is 0 Å². The van der Waals surface area contributed by atoms with Gasteiger partial charge in [-0.05, 0) is 42.2 Å². The van der Waals surface area contributed by atoms with Crippen molar-refractivity contribution in [1.29, 1.82) is 5.41 Å². The number of hydrogen-bond acceptors (Lipinski definition) is 6. The molecule has 0 spiro atoms. The zero-order valence-electron chi connectivity index (χ0n) is 22.6. The first-order valence-corrected chi connectivity index (χ1v) is 15.9. The van der Waals surface area contributed by atoms with E-state index in [4.69, 9.17) is 16.3 Å². The predicted octanol–water partition coefficient (Wildman–Crippen LogP) is 1.91. The number of amides is 2. The van der Waals surface area contributed by atoms with Crippen molar-refractivity contribution in [2.24, 2.45) is 28.6 Å². The van der Waals surface area contributed by atoms with Crippen molar-refractivity contribution in [3.05, 3.63) is 29.6 Å². The summed E-state index contributed by atoms with van der Waals surface area (Å²) in [7, 11) is -4.14. The van der Waals surface area contributed by atoms with Crippen molar-refractivity contribution in [3.8, 4) is 0 Å². The van der Waals surface area contributed by atoms with Crippen LogP contribution in [0.3, 0.4) is 0 Å². The molecule has 216 valence electrons. The van der Waals surface area contributed by atoms with E-state index in [1.54, 1.807) is 23.2 Å². The highest BCUT2D eigenvalue weighted by Gasteiger charge is 2.45. The predicted molar refractivity (Wildman–Crippen MR) is 149 cm³/mol. The normalized spacial score (nSPS) is 22.1. The van der Waals surface area contributed by atoms with Crippen molar-refractivity contribution in [2.45, 2.75) is 95.7 Å². The fourth-order valence-electron chi connectivity index (χ4n) is 6.92. The van der Waals surface area contributed by atoms with E-state index in [9.17, 15) is 18.0 Å². The highest BCUT2D eigenvalue weighted by atomic mass is 32.2. The van der Waals surface area contributed by atoms with E-state index in [-0.39, 0.29) is 41.9 Å². The second-order valence-electron chi connectivity index (χ2n) is 11.4. The molecular weight excluding hydrogens is 518 g/mol. The number of aromatic nitrogens is 1. The van der Waals surface area contributed by atoms with Crippen LogP contribution in [0, 0.1) is 23.2 Å². The SMILES string of the molecule is N=C(N)c1ccc(CNC(=O)[C@@H]2CCCN2C(=O)[C@H](NS(N)(=O)=O)C(C2CCCCC2)C2CCCCC2)cn1. The molecule has 0 unspecified atom stereocenters. The Morgan fingerprint density at radius 2 is 1.62 bits per heavy atom. The smallest absolute Gasteiger partial charge is 0.275 e. The number of likely N-dealkylation sites (tertiary alicyclic amines) is 1. The van der Waals surface area contributed by atoms with Gasteiger partial charge in [-0.2, -0.15) is 13.1 Å². The maximum atomic E-state index is 14.2. The van der Waals surface area contributed by atoms with Crippen LogP contribution in [0.25, 0.3) is 0 Å². The number of rotatable bonds is 10. The lowest BCUT2D eigenvalue weighted by molar-refractivity contribution is -0.142. The quantitative estimate of drug-likeness (QED) is 0.215. The summed E-state index contributed by atoms with van der Waals surface area (Å²) in [6, 6.07) is 1.72. The molecule has 0 bridgehead atoms. The van der Waals surface area contributed by atoms with Gasteiger partial charge in [0.05, 0.1) is 0 Å². The number of nitrogens with one attached hydrogen (secondary N) is 3. The third-order valence-electron chi connectivity index (χ3n) is 8.74. The van der Waals surface area contributed by atoms with Crippen LogP contribution in [-0.4, -0.2) is 54.6 Å². The Hall–Kier alpha value is -2.57. The first kappa shape index (κ1) is 29.4. The largest absolute Gasteiger partial charge is 0.382 e. The Balaban J connectivity index is 1.52. The summed E-state index contributed by atoms with van der Waals surface area (Å²) in [5, 5.41) is 15.8. The molecule has 39 heavy (non-hydrogen) atoms. The minimum atomic E-state index is -4.14. The van der Waals surface area contributed by atoms with Gasteiger partial charge in [0, 0.05) is 19.3 Å². The first-order chi connectivity index (χ1) is 18.6. The summed E-state index contributed by atoms with van der Waals surface area (Å²) in [4.78, 5) is 33.1. The Morgan fingerprint density at radius 3 is 2.13 bits per heavy atom. The maximum absolute atomic E-state index is 14.2. The summed E-state index contributed by atoms with van der Waals surface area (Å²) in [5.74, 6) is -0.372. The zero-order valence-corrected chi connectivity index (χ0v) is 23.4. The number of carbonyl (C=O) groups excluding carboxylic acids is 2. The average molecular weight is 562 g/mol. The summed E-state index contributed by atoms with van der Waals surface area (Å²) >= 11 is 0. The van der Waals surface area contributed by atoms with Crippen LogP contribution in [0.5, 0.6) is 0 Å². The van der Waals surface area contributed by atoms with Crippen LogP contribution in [0.1, 0.15) is 88.3 Å². The highest BCUT2D eigenvalue weighted by molar-refractivity contribution is 7.87. The standard InChI is InChI=1S/C27H43N7O4S/c28-25(29)21-14-13-18(16-31-21)17-32-26(35)22-12-7-15-34(22)27(36)24(33-39(30,37)38)23(19-8-3-1-4-9-19)20-10-5-2-6-11-20/h13-14,16,19-20,22-24,33H,1-12,15,17H2,(H3,28,29)(H,32,35)(H2,30,37,38)/t22-,24+/m0/s1. The van der Waals surface area contributed by atoms with Gasteiger partial charge < -0.3 is 16.0 Å². The van der Waals surface area contributed by atoms with E-state index in [1.165, 1.54) is 0 Å². The van der Waals surface area contributed by atoms with Crippen molar-refractivity contribution in [1.82, 2.24) is 19.9 Å². The highest BCUT2D eigenvalue weighted by Crippen LogP contribution is 2.42. The van der Waals surface area contributed by atoms with Crippen LogP contribution < -0.4 is 20.9 Å². The lowest BCUT2D eigenvalue weighted by Gasteiger charge is -2.43. The van der Waals surface area contributed by atoms with Gasteiger partial charge in [0.1, 0.15) is 23.6 Å². The van der Waals surface area contributed by atoms with Gasteiger partial charge in [-0.3, -0.25) is 20.0 Å². The molecule has 2 aliphatic carbocycles. The Labute approximate surface area is 231 Å². The summed E-state index contributed by atoms with van der Waals surface area (Å²) in [6.07, 6.45) is 13.3. The molecule has 7 N–H and O–H groups in total. The second kappa shape index (κ2) is 13.2. The van der Waals surface area contributed by atoms with E-state index in [2.05, 4.69) is 15.0 Å². The van der Waals surface area contributed by atoms with Crippen LogP contribution >= 0.6 is 0 Å². The van der Waals surface area contributed by atoms with Crippen molar-refractivity contribution >= 4 is 27.9 Å². The average Bonchev–Trinajstić information content (AvgIpc) is 3.42. The van der Waals surface area contributed by atoms with Gasteiger partial charge in [-0.15, -0.1) is 0 Å². The van der Waals surface area contributed by atoms with E-state index >= 15 is 0 Å². The van der Waals surface area contributed by atoms with Crippen molar-refractivity contribution < 1.29 is 18.0 Å². The van der Waals surface area contributed by atoms with Crippen molar-refractivity contribution in [3.63, 3.8) is 0 Å². The molecule has 0 aromatic carbocycles. The van der Waals surface area contributed by atoms with E-state index < -0.39 is 22.3 Å². The van der Waals surface area contributed by atoms with Crippen LogP contribution in [0.4, 0.5) is 0 Å². The van der Waals surface area contributed by atoms with Gasteiger partial charge in [0.25, 0.3) is 10.2 Å². The number of nitrogens with two attached hydrogens (primary N) is 2. The molecule has 12 heteroatoms. The molecule has 0 radical (unpaired) electrons. The van der Waals surface area contributed by atoms with Crippen LogP contribution in [-0.2, 0) is 26.3 Å². The molecule has 3 aliphatic rings. The van der Waals surface area contributed by atoms with E-state index in [0.717, 1.165) is 69.8 Å². The molecule has 1 aromatic rings. The summed E-state index contributed by atoms with van der Waals surface area (Å²) in [6.45, 7) is 0.616. The van der Waals surface area contributed by atoms with Crippen LogP contribution in [0.2, 0.25) is 0 Å².